The van der Waals surface area contributed by atoms with Crippen molar-refractivity contribution < 1.29 is 14.4 Å². The molecule has 3 N–H and O–H groups in total. The Labute approximate surface area is 321 Å². The number of para-hydroxylation sites is 1. The van der Waals surface area contributed by atoms with E-state index < -0.39 is 11.9 Å². The molecule has 276 valence electrons. The Hall–Kier alpha value is -5.34. The van der Waals surface area contributed by atoms with Crippen LogP contribution in [0, 0.1) is 0 Å². The molecule has 1 unspecified atom stereocenters. The van der Waals surface area contributed by atoms with Crippen LogP contribution in [0.1, 0.15) is 66.1 Å². The molecule has 3 fully saturated rings. The number of hydrogen-bond donors (Lipinski definition) is 3. The highest BCUT2D eigenvalue weighted by Gasteiger charge is 2.40. The van der Waals surface area contributed by atoms with Crippen LogP contribution >= 0.6 is 15.9 Å². The molecule has 13 nitrogen and oxygen atoms in total. The molecule has 3 aliphatic heterocycles. The van der Waals surface area contributed by atoms with Crippen molar-refractivity contribution in [3.63, 3.8) is 0 Å². The Morgan fingerprint density at radius 3 is 2.35 bits per heavy atom. The van der Waals surface area contributed by atoms with Crippen molar-refractivity contribution in [3.05, 3.63) is 94.1 Å². The van der Waals surface area contributed by atoms with Crippen LogP contribution in [0.3, 0.4) is 0 Å². The van der Waals surface area contributed by atoms with Gasteiger partial charge in [-0.05, 0) is 72.9 Å². The van der Waals surface area contributed by atoms with Gasteiger partial charge in [-0.1, -0.05) is 53.0 Å². The number of amides is 3. The van der Waals surface area contributed by atoms with Gasteiger partial charge in [0.15, 0.2) is 5.65 Å². The largest absolute Gasteiger partial charge is 0.369 e. The summed E-state index contributed by atoms with van der Waals surface area (Å²) in [5.74, 6) is 0.502. The standard InChI is InChI=1S/C40H41BrN10O3/c41-35-25(10-15-30-31(35)24-50(38(30)54)33-16-17-34(52)46-37(33)53)23-48-18-20-49(21-19-48)28-13-11-27(12-14-28)43-39-42-22-32-36(47-39)51(29-8-4-5-9-29)40(45-32)44-26-6-2-1-3-7-26/h1-3,6-7,10-15,22,29,33H,4-5,8-9,16-21,23-24H2,(H,44,45)(H,42,43,47)(H,46,52,53). The zero-order valence-corrected chi connectivity index (χ0v) is 31.4. The van der Waals surface area contributed by atoms with Crippen molar-refractivity contribution in [1.82, 2.24) is 34.6 Å². The normalized spacial score (nSPS) is 19.4. The minimum absolute atomic E-state index is 0.160. The Morgan fingerprint density at radius 2 is 1.59 bits per heavy atom. The van der Waals surface area contributed by atoms with Crippen molar-refractivity contribution in [2.45, 2.75) is 63.7 Å². The maximum Gasteiger partial charge on any atom is 0.255 e. The van der Waals surface area contributed by atoms with E-state index in [1.165, 1.54) is 18.5 Å². The molecule has 9 rings (SSSR count). The number of imidazole rings is 1. The first kappa shape index (κ1) is 34.4. The Bertz CT molecular complexity index is 2230. The molecule has 0 spiro atoms. The van der Waals surface area contributed by atoms with Gasteiger partial charge in [-0.15, -0.1) is 0 Å². The van der Waals surface area contributed by atoms with Crippen molar-refractivity contribution in [1.29, 1.82) is 0 Å². The second kappa shape index (κ2) is 14.5. The highest BCUT2D eigenvalue weighted by molar-refractivity contribution is 9.10. The first-order valence-corrected chi connectivity index (χ1v) is 19.5. The van der Waals surface area contributed by atoms with Gasteiger partial charge in [-0.3, -0.25) is 29.2 Å². The molecule has 5 aromatic rings. The molecule has 1 aliphatic carbocycles. The molecule has 1 atom stereocenters. The number of hydrogen-bond acceptors (Lipinski definition) is 10. The molecule has 2 saturated heterocycles. The maximum atomic E-state index is 13.2. The number of piperidine rings is 1. The summed E-state index contributed by atoms with van der Waals surface area (Å²) in [5, 5.41) is 9.30. The molecule has 5 heterocycles. The Morgan fingerprint density at radius 1 is 0.833 bits per heavy atom. The van der Waals surface area contributed by atoms with Gasteiger partial charge in [-0.25, -0.2) is 9.97 Å². The van der Waals surface area contributed by atoms with Crippen LogP contribution in [0.4, 0.5) is 29.0 Å². The monoisotopic (exact) mass is 788 g/mol. The number of piperazine rings is 1. The zero-order chi connectivity index (χ0) is 36.8. The van der Waals surface area contributed by atoms with Crippen molar-refractivity contribution in [2.75, 3.05) is 41.7 Å². The lowest BCUT2D eigenvalue weighted by Gasteiger charge is -2.36. The quantitative estimate of drug-likeness (QED) is 0.146. The maximum absolute atomic E-state index is 13.2. The summed E-state index contributed by atoms with van der Waals surface area (Å²) < 4.78 is 3.18. The van der Waals surface area contributed by atoms with E-state index in [1.54, 1.807) is 11.1 Å². The lowest BCUT2D eigenvalue weighted by molar-refractivity contribution is -0.136. The van der Waals surface area contributed by atoms with Crippen LogP contribution in [-0.4, -0.2) is 79.3 Å². The van der Waals surface area contributed by atoms with E-state index >= 15 is 0 Å². The molecular formula is C40H41BrN10O3. The fourth-order valence-corrected chi connectivity index (χ4v) is 8.86. The van der Waals surface area contributed by atoms with E-state index in [9.17, 15) is 14.4 Å². The number of benzene rings is 3. The predicted octanol–water partition coefficient (Wildman–Crippen LogP) is 6.27. The highest BCUT2D eigenvalue weighted by Crippen LogP contribution is 2.37. The predicted molar refractivity (Wildman–Crippen MR) is 210 cm³/mol. The van der Waals surface area contributed by atoms with Crippen molar-refractivity contribution in [3.8, 4) is 0 Å². The molecule has 1 saturated carbocycles. The number of nitrogens with one attached hydrogen (secondary N) is 3. The fourth-order valence-electron chi connectivity index (χ4n) is 8.26. The van der Waals surface area contributed by atoms with Gasteiger partial charge in [0.05, 0.1) is 6.20 Å². The van der Waals surface area contributed by atoms with Crippen LogP contribution in [0.5, 0.6) is 0 Å². The van der Waals surface area contributed by atoms with E-state index in [2.05, 4.69) is 75.5 Å². The number of fused-ring (bicyclic) bond motifs is 2. The average Bonchev–Trinajstić information content (AvgIpc) is 3.92. The smallest absolute Gasteiger partial charge is 0.255 e. The van der Waals surface area contributed by atoms with Crippen LogP contribution in [0.15, 0.2) is 77.4 Å². The van der Waals surface area contributed by atoms with Crippen molar-refractivity contribution >= 4 is 73.8 Å². The molecule has 0 radical (unpaired) electrons. The Kier molecular flexibility index (Phi) is 9.23. The number of halogens is 1. The van der Waals surface area contributed by atoms with Crippen LogP contribution in [0.25, 0.3) is 11.2 Å². The summed E-state index contributed by atoms with van der Waals surface area (Å²) in [6, 6.07) is 22.2. The van der Waals surface area contributed by atoms with Gasteiger partial charge < -0.3 is 20.4 Å². The van der Waals surface area contributed by atoms with Gasteiger partial charge in [0.1, 0.15) is 11.6 Å². The molecule has 3 aromatic carbocycles. The number of carbonyl (C=O) groups is 3. The topological polar surface area (TPSA) is 141 Å². The summed E-state index contributed by atoms with van der Waals surface area (Å²) in [7, 11) is 0. The van der Waals surface area contributed by atoms with Gasteiger partial charge >= 0.3 is 0 Å². The summed E-state index contributed by atoms with van der Waals surface area (Å²) in [6.45, 7) is 4.68. The van der Waals surface area contributed by atoms with Crippen LogP contribution < -0.4 is 20.9 Å². The van der Waals surface area contributed by atoms with E-state index in [1.807, 2.05) is 42.5 Å². The lowest BCUT2D eigenvalue weighted by atomic mass is 10.0. The third-order valence-electron chi connectivity index (χ3n) is 11.1. The number of rotatable bonds is 9. The average molecular weight is 790 g/mol. The summed E-state index contributed by atoms with van der Waals surface area (Å²) in [6.07, 6.45) is 7.02. The Balaban J connectivity index is 0.828. The minimum Gasteiger partial charge on any atom is -0.369 e. The summed E-state index contributed by atoms with van der Waals surface area (Å²) in [5.41, 5.74) is 7.33. The molecule has 54 heavy (non-hydrogen) atoms. The summed E-state index contributed by atoms with van der Waals surface area (Å²) >= 11 is 3.79. The number of anilines is 5. The van der Waals surface area contributed by atoms with E-state index in [0.717, 1.165) is 89.7 Å². The number of imide groups is 1. The molecule has 4 aliphatic rings. The lowest BCUT2D eigenvalue weighted by Crippen LogP contribution is -2.52. The third kappa shape index (κ3) is 6.68. The van der Waals surface area contributed by atoms with Gasteiger partial charge in [0.2, 0.25) is 23.7 Å². The molecular weight excluding hydrogens is 748 g/mol. The molecule has 0 bridgehead atoms. The van der Waals surface area contributed by atoms with Crippen molar-refractivity contribution in [2.24, 2.45) is 0 Å². The molecule has 14 heteroatoms. The second-order valence-corrected chi connectivity index (χ2v) is 15.3. The van der Waals surface area contributed by atoms with Gasteiger partial charge in [0, 0.05) is 78.8 Å². The van der Waals surface area contributed by atoms with Gasteiger partial charge in [0.25, 0.3) is 5.91 Å². The second-order valence-electron chi connectivity index (χ2n) is 14.5. The molecule has 2 aromatic heterocycles. The third-order valence-corrected chi connectivity index (χ3v) is 12.1. The zero-order valence-electron chi connectivity index (χ0n) is 29.8. The number of aromatic nitrogens is 4. The highest BCUT2D eigenvalue weighted by atomic mass is 79.9. The summed E-state index contributed by atoms with van der Waals surface area (Å²) in [4.78, 5) is 58.3. The van der Waals surface area contributed by atoms with E-state index in [-0.39, 0.29) is 18.2 Å². The first-order valence-electron chi connectivity index (χ1n) is 18.7. The molecule has 3 amide bonds. The van der Waals surface area contributed by atoms with E-state index in [4.69, 9.17) is 9.97 Å². The number of nitrogens with zero attached hydrogens (tertiary/aromatic N) is 7. The van der Waals surface area contributed by atoms with Crippen LogP contribution in [0.2, 0.25) is 0 Å². The fraction of sp³-hybridized carbons (Fsp3) is 0.350. The van der Waals surface area contributed by atoms with Gasteiger partial charge in [-0.2, -0.15) is 4.98 Å². The number of carbonyl (C=O) groups excluding carboxylic acids is 3. The first-order chi connectivity index (χ1) is 26.4. The minimum atomic E-state index is -0.623. The van der Waals surface area contributed by atoms with E-state index in [0.29, 0.717) is 30.5 Å². The SMILES string of the molecule is O=C1CCC(N2Cc3c(ccc(CN4CCN(c5ccc(Nc6ncc7nc(Nc8ccccc8)n(C8CCCC8)c7n6)cc5)CC4)c3Br)C2=O)C(=O)N1. The van der Waals surface area contributed by atoms with Crippen LogP contribution in [-0.2, 0) is 22.7 Å².